The minimum atomic E-state index is -3.63. The number of ether oxygens (including phenoxy) is 3. The highest BCUT2D eigenvalue weighted by Crippen LogP contribution is 2.21. The molecule has 0 saturated carbocycles. The van der Waals surface area contributed by atoms with Gasteiger partial charge in [0.15, 0.2) is 0 Å². The van der Waals surface area contributed by atoms with Gasteiger partial charge in [-0.15, -0.1) is 0 Å². The molecule has 1 N–H and O–H groups in total. The molecule has 136 valence electrons. The Labute approximate surface area is 148 Å². The van der Waals surface area contributed by atoms with Crippen LogP contribution in [0.3, 0.4) is 0 Å². The van der Waals surface area contributed by atoms with Crippen LogP contribution in [0.15, 0.2) is 47.4 Å². The molecule has 6 nitrogen and oxygen atoms in total. The van der Waals surface area contributed by atoms with Crippen molar-refractivity contribution in [2.24, 2.45) is 0 Å². The largest absolute Gasteiger partial charge is 0.497 e. The van der Waals surface area contributed by atoms with E-state index < -0.39 is 16.1 Å². The average molecular weight is 365 g/mol. The number of benzene rings is 2. The Hall–Kier alpha value is -2.25. The SMILES string of the molecule is COc1ccc(OC[C@@H](C)NS(=O)(=O)c2ccc(OC)c(C)c2)cc1. The van der Waals surface area contributed by atoms with E-state index in [1.54, 1.807) is 64.5 Å². The van der Waals surface area contributed by atoms with Crippen LogP contribution in [0.4, 0.5) is 0 Å². The van der Waals surface area contributed by atoms with Gasteiger partial charge in [0.1, 0.15) is 23.9 Å². The molecule has 1 atom stereocenters. The van der Waals surface area contributed by atoms with Crippen molar-refractivity contribution in [3.05, 3.63) is 48.0 Å². The smallest absolute Gasteiger partial charge is 0.240 e. The maximum absolute atomic E-state index is 12.5. The number of hydrogen-bond acceptors (Lipinski definition) is 5. The molecule has 0 radical (unpaired) electrons. The van der Waals surface area contributed by atoms with Gasteiger partial charge in [0.2, 0.25) is 10.0 Å². The fraction of sp³-hybridized carbons (Fsp3) is 0.333. The third-order valence-corrected chi connectivity index (χ3v) is 5.18. The van der Waals surface area contributed by atoms with Crippen molar-refractivity contribution < 1.29 is 22.6 Å². The number of methoxy groups -OCH3 is 2. The van der Waals surface area contributed by atoms with E-state index in [4.69, 9.17) is 14.2 Å². The molecule has 0 saturated heterocycles. The van der Waals surface area contributed by atoms with E-state index in [1.165, 1.54) is 6.07 Å². The predicted molar refractivity (Wildman–Crippen MR) is 96.0 cm³/mol. The van der Waals surface area contributed by atoms with E-state index in [1.807, 2.05) is 0 Å². The Kier molecular flexibility index (Phi) is 6.27. The summed E-state index contributed by atoms with van der Waals surface area (Å²) in [5, 5.41) is 0. The van der Waals surface area contributed by atoms with Crippen LogP contribution in [0.1, 0.15) is 12.5 Å². The van der Waals surface area contributed by atoms with Crippen LogP contribution in [0.2, 0.25) is 0 Å². The predicted octanol–water partition coefficient (Wildman–Crippen LogP) is 2.76. The summed E-state index contributed by atoms with van der Waals surface area (Å²) < 4.78 is 43.4. The second-order valence-electron chi connectivity index (χ2n) is 5.64. The van der Waals surface area contributed by atoms with Gasteiger partial charge in [-0.25, -0.2) is 13.1 Å². The lowest BCUT2D eigenvalue weighted by Crippen LogP contribution is -2.36. The molecular weight excluding hydrogens is 342 g/mol. The molecule has 0 aromatic heterocycles. The zero-order chi connectivity index (χ0) is 18.4. The Morgan fingerprint density at radius 1 is 1.00 bits per heavy atom. The van der Waals surface area contributed by atoms with E-state index >= 15 is 0 Å². The van der Waals surface area contributed by atoms with Gasteiger partial charge >= 0.3 is 0 Å². The highest BCUT2D eigenvalue weighted by molar-refractivity contribution is 7.89. The summed E-state index contributed by atoms with van der Waals surface area (Å²) in [5.41, 5.74) is 0.757. The first kappa shape index (κ1) is 19.1. The third kappa shape index (κ3) is 5.11. The second kappa shape index (κ2) is 8.22. The van der Waals surface area contributed by atoms with Gasteiger partial charge in [-0.1, -0.05) is 0 Å². The van der Waals surface area contributed by atoms with Gasteiger partial charge in [-0.05, 0) is 61.9 Å². The molecule has 2 aromatic rings. The quantitative estimate of drug-likeness (QED) is 0.779. The van der Waals surface area contributed by atoms with E-state index in [2.05, 4.69) is 4.72 Å². The molecule has 0 unspecified atom stereocenters. The fourth-order valence-electron chi connectivity index (χ4n) is 2.28. The monoisotopic (exact) mass is 365 g/mol. The molecule has 7 heteroatoms. The topological polar surface area (TPSA) is 73.9 Å². The summed E-state index contributed by atoms with van der Waals surface area (Å²) in [4.78, 5) is 0.196. The van der Waals surface area contributed by atoms with Crippen molar-refractivity contribution >= 4 is 10.0 Å². The Morgan fingerprint density at radius 3 is 2.20 bits per heavy atom. The normalized spacial score (nSPS) is 12.5. The Balaban J connectivity index is 1.98. The maximum atomic E-state index is 12.5. The lowest BCUT2D eigenvalue weighted by molar-refractivity contribution is 0.287. The van der Waals surface area contributed by atoms with Crippen molar-refractivity contribution in [2.75, 3.05) is 20.8 Å². The van der Waals surface area contributed by atoms with Crippen molar-refractivity contribution in [3.8, 4) is 17.2 Å². The summed E-state index contributed by atoms with van der Waals surface area (Å²) in [6.45, 7) is 3.76. The summed E-state index contributed by atoms with van der Waals surface area (Å²) in [6, 6.07) is 11.5. The summed E-state index contributed by atoms with van der Waals surface area (Å²) in [7, 11) is -0.488. The zero-order valence-electron chi connectivity index (χ0n) is 14.8. The van der Waals surface area contributed by atoms with Crippen LogP contribution >= 0.6 is 0 Å². The number of rotatable bonds is 8. The van der Waals surface area contributed by atoms with E-state index in [0.717, 1.165) is 11.3 Å². The number of aryl methyl sites for hydroxylation is 1. The van der Waals surface area contributed by atoms with Crippen molar-refractivity contribution in [1.29, 1.82) is 0 Å². The van der Waals surface area contributed by atoms with Crippen molar-refractivity contribution in [3.63, 3.8) is 0 Å². The van der Waals surface area contributed by atoms with Gasteiger partial charge in [-0.3, -0.25) is 0 Å². The summed E-state index contributed by atoms with van der Waals surface area (Å²) >= 11 is 0. The molecule has 2 aromatic carbocycles. The standard InChI is InChI=1S/C18H23NO5S/c1-13-11-17(9-10-18(13)23-4)25(20,21)19-14(2)12-24-16-7-5-15(22-3)6-8-16/h5-11,14,19H,12H2,1-4H3/t14-/m1/s1. The zero-order valence-corrected chi connectivity index (χ0v) is 15.6. The van der Waals surface area contributed by atoms with Crippen molar-refractivity contribution in [2.45, 2.75) is 24.8 Å². The lowest BCUT2D eigenvalue weighted by atomic mass is 10.2. The fourth-order valence-corrected chi connectivity index (χ4v) is 3.59. The van der Waals surface area contributed by atoms with Crippen LogP contribution in [0, 0.1) is 6.92 Å². The van der Waals surface area contributed by atoms with E-state index in [0.29, 0.717) is 11.5 Å². The van der Waals surface area contributed by atoms with Crippen LogP contribution in [-0.4, -0.2) is 35.3 Å². The van der Waals surface area contributed by atoms with Gasteiger partial charge < -0.3 is 14.2 Å². The molecule has 0 spiro atoms. The van der Waals surface area contributed by atoms with Gasteiger partial charge in [-0.2, -0.15) is 0 Å². The molecule has 0 fully saturated rings. The first-order valence-electron chi connectivity index (χ1n) is 7.79. The van der Waals surface area contributed by atoms with Gasteiger partial charge in [0.25, 0.3) is 0 Å². The third-order valence-electron chi connectivity index (χ3n) is 3.59. The molecule has 25 heavy (non-hydrogen) atoms. The molecule has 0 amide bonds. The van der Waals surface area contributed by atoms with Crippen LogP contribution in [0.25, 0.3) is 0 Å². The second-order valence-corrected chi connectivity index (χ2v) is 7.35. The molecule has 0 heterocycles. The van der Waals surface area contributed by atoms with Crippen LogP contribution < -0.4 is 18.9 Å². The molecule has 0 aliphatic heterocycles. The highest BCUT2D eigenvalue weighted by atomic mass is 32.2. The number of nitrogens with one attached hydrogen (secondary N) is 1. The van der Waals surface area contributed by atoms with Crippen LogP contribution in [-0.2, 0) is 10.0 Å². The van der Waals surface area contributed by atoms with Crippen LogP contribution in [0.5, 0.6) is 17.2 Å². The summed E-state index contributed by atoms with van der Waals surface area (Å²) in [5.74, 6) is 2.03. The molecule has 2 rings (SSSR count). The lowest BCUT2D eigenvalue weighted by Gasteiger charge is -2.16. The average Bonchev–Trinajstić information content (AvgIpc) is 2.60. The van der Waals surface area contributed by atoms with E-state index in [9.17, 15) is 8.42 Å². The van der Waals surface area contributed by atoms with E-state index in [-0.39, 0.29) is 11.5 Å². The Morgan fingerprint density at radius 2 is 1.64 bits per heavy atom. The minimum absolute atomic E-state index is 0.196. The Bertz CT molecular complexity index is 803. The number of hydrogen-bond donors (Lipinski definition) is 1. The highest BCUT2D eigenvalue weighted by Gasteiger charge is 2.18. The first-order valence-corrected chi connectivity index (χ1v) is 9.28. The minimum Gasteiger partial charge on any atom is -0.497 e. The van der Waals surface area contributed by atoms with Gasteiger partial charge in [0.05, 0.1) is 25.2 Å². The number of sulfonamides is 1. The summed E-state index contributed by atoms with van der Waals surface area (Å²) in [6.07, 6.45) is 0. The molecular formula is C18H23NO5S. The molecule has 0 aliphatic carbocycles. The molecule has 0 aliphatic rings. The van der Waals surface area contributed by atoms with Gasteiger partial charge in [0, 0.05) is 0 Å². The van der Waals surface area contributed by atoms with Crippen molar-refractivity contribution in [1.82, 2.24) is 4.72 Å². The molecule has 0 bridgehead atoms. The first-order chi connectivity index (χ1) is 11.9. The maximum Gasteiger partial charge on any atom is 0.240 e.